The fraction of sp³-hybridized carbons (Fsp3) is 0.235. The molecule has 0 heterocycles. The van der Waals surface area contributed by atoms with E-state index in [1.807, 2.05) is 44.2 Å². The Balaban J connectivity index is 1.76. The number of ether oxygens (including phenoxy) is 1. The second-order valence-corrected chi connectivity index (χ2v) is 12.1. The molecule has 0 saturated heterocycles. The summed E-state index contributed by atoms with van der Waals surface area (Å²) in [5, 5.41) is 2.64. The largest absolute Gasteiger partial charge is 0.494 e. The summed E-state index contributed by atoms with van der Waals surface area (Å²) in [5.74, 6) is -0.940. The van der Waals surface area contributed by atoms with Gasteiger partial charge in [-0.3, -0.25) is 13.9 Å². The van der Waals surface area contributed by atoms with Crippen molar-refractivity contribution in [1.29, 1.82) is 0 Å². The van der Waals surface area contributed by atoms with Crippen molar-refractivity contribution < 1.29 is 27.1 Å². The van der Waals surface area contributed by atoms with Gasteiger partial charge in [0.2, 0.25) is 11.8 Å². The number of benzene rings is 4. The van der Waals surface area contributed by atoms with Crippen LogP contribution in [-0.2, 0) is 32.6 Å². The van der Waals surface area contributed by atoms with Crippen LogP contribution in [0.1, 0.15) is 23.6 Å². The minimum Gasteiger partial charge on any atom is -0.494 e. The van der Waals surface area contributed by atoms with E-state index in [4.69, 9.17) is 4.74 Å². The van der Waals surface area contributed by atoms with Gasteiger partial charge in [0.15, 0.2) is 0 Å². The van der Waals surface area contributed by atoms with E-state index in [1.165, 1.54) is 48.3 Å². The minimum atomic E-state index is -4.24. The second kappa shape index (κ2) is 14.7. The maximum absolute atomic E-state index is 14.3. The molecule has 230 valence electrons. The van der Waals surface area contributed by atoms with Gasteiger partial charge in [-0.15, -0.1) is 0 Å². The molecule has 0 aliphatic heterocycles. The monoisotopic (exact) mass is 617 g/mol. The average Bonchev–Trinajstić information content (AvgIpc) is 3.03. The number of carbonyl (C=O) groups excluding carboxylic acids is 2. The number of anilines is 1. The van der Waals surface area contributed by atoms with E-state index < -0.39 is 40.2 Å². The Morgan fingerprint density at radius 3 is 2.09 bits per heavy atom. The molecule has 0 fully saturated rings. The molecule has 0 aliphatic carbocycles. The van der Waals surface area contributed by atoms with E-state index in [9.17, 15) is 22.4 Å². The summed E-state index contributed by atoms with van der Waals surface area (Å²) >= 11 is 0. The number of rotatable bonds is 13. The third kappa shape index (κ3) is 8.02. The van der Waals surface area contributed by atoms with Crippen LogP contribution in [0.5, 0.6) is 5.75 Å². The number of sulfonamides is 1. The van der Waals surface area contributed by atoms with Gasteiger partial charge in [-0.2, -0.15) is 0 Å². The summed E-state index contributed by atoms with van der Waals surface area (Å²) in [6.07, 6.45) is 0.184. The molecule has 4 rings (SSSR count). The lowest BCUT2D eigenvalue weighted by Crippen LogP contribution is -2.53. The normalized spacial score (nSPS) is 11.8. The van der Waals surface area contributed by atoms with Gasteiger partial charge < -0.3 is 15.0 Å². The Bertz CT molecular complexity index is 1650. The number of nitrogens with zero attached hydrogens (tertiary/aromatic N) is 2. The highest BCUT2D eigenvalue weighted by molar-refractivity contribution is 7.92. The lowest BCUT2D eigenvalue weighted by atomic mass is 10.0. The predicted octanol–water partition coefficient (Wildman–Crippen LogP) is 5.11. The van der Waals surface area contributed by atoms with Gasteiger partial charge in [0.25, 0.3) is 10.0 Å². The first-order valence-corrected chi connectivity index (χ1v) is 15.7. The second-order valence-electron chi connectivity index (χ2n) is 10.2. The summed E-state index contributed by atoms with van der Waals surface area (Å²) in [4.78, 5) is 28.9. The number of hydrogen-bond acceptors (Lipinski definition) is 5. The molecule has 0 aromatic heterocycles. The van der Waals surface area contributed by atoms with Crippen LogP contribution in [0.25, 0.3) is 0 Å². The number of hydrogen-bond donors (Lipinski definition) is 1. The van der Waals surface area contributed by atoms with E-state index in [1.54, 1.807) is 36.4 Å². The molecule has 2 amide bonds. The van der Waals surface area contributed by atoms with Crippen molar-refractivity contribution in [3.63, 3.8) is 0 Å². The van der Waals surface area contributed by atoms with Crippen LogP contribution in [0.2, 0.25) is 0 Å². The lowest BCUT2D eigenvalue weighted by Gasteiger charge is -2.33. The van der Waals surface area contributed by atoms with Gasteiger partial charge in [0, 0.05) is 20.0 Å². The molecule has 1 N–H and O–H groups in total. The van der Waals surface area contributed by atoms with Gasteiger partial charge in [0.1, 0.15) is 24.2 Å². The Morgan fingerprint density at radius 1 is 0.864 bits per heavy atom. The maximum Gasteiger partial charge on any atom is 0.264 e. The van der Waals surface area contributed by atoms with Crippen LogP contribution in [0, 0.1) is 12.7 Å². The first kappa shape index (κ1) is 32.2. The first-order chi connectivity index (χ1) is 21.1. The fourth-order valence-electron chi connectivity index (χ4n) is 4.75. The van der Waals surface area contributed by atoms with Crippen molar-refractivity contribution in [1.82, 2.24) is 10.2 Å². The molecule has 0 bridgehead atoms. The molecule has 10 heteroatoms. The van der Waals surface area contributed by atoms with Gasteiger partial charge in [0.05, 0.1) is 17.2 Å². The SMILES string of the molecule is CCOc1ccc(S(=O)(=O)N(CC(=O)N(Cc2ccc(F)cc2)[C@H](Cc2ccccc2)C(=O)NC)c2ccc(C)cc2)cc1. The number of nitrogens with one attached hydrogen (secondary N) is 1. The zero-order chi connectivity index (χ0) is 31.7. The van der Waals surface area contributed by atoms with Crippen LogP contribution in [0.3, 0.4) is 0 Å². The molecular formula is C34H36FN3O5S. The van der Waals surface area contributed by atoms with Crippen LogP contribution < -0.4 is 14.4 Å². The van der Waals surface area contributed by atoms with Crippen molar-refractivity contribution in [3.05, 3.63) is 126 Å². The topological polar surface area (TPSA) is 96.0 Å². The molecule has 0 unspecified atom stereocenters. The zero-order valence-corrected chi connectivity index (χ0v) is 25.8. The van der Waals surface area contributed by atoms with E-state index in [-0.39, 0.29) is 17.9 Å². The highest BCUT2D eigenvalue weighted by Crippen LogP contribution is 2.27. The summed E-state index contributed by atoms with van der Waals surface area (Å²) in [6, 6.07) is 26.7. The number of likely N-dealkylation sites (N-methyl/N-ethyl adjacent to an activating group) is 1. The molecule has 8 nitrogen and oxygen atoms in total. The first-order valence-electron chi connectivity index (χ1n) is 14.2. The molecule has 0 spiro atoms. The lowest BCUT2D eigenvalue weighted by molar-refractivity contribution is -0.139. The molecule has 0 saturated carbocycles. The predicted molar refractivity (Wildman–Crippen MR) is 168 cm³/mol. The van der Waals surface area contributed by atoms with Crippen LogP contribution >= 0.6 is 0 Å². The third-order valence-electron chi connectivity index (χ3n) is 7.11. The molecule has 4 aromatic carbocycles. The van der Waals surface area contributed by atoms with Crippen LogP contribution in [0.4, 0.5) is 10.1 Å². The summed E-state index contributed by atoms with van der Waals surface area (Å²) < 4.78 is 48.4. The highest BCUT2D eigenvalue weighted by Gasteiger charge is 2.34. The summed E-state index contributed by atoms with van der Waals surface area (Å²) in [7, 11) is -2.75. The van der Waals surface area contributed by atoms with Crippen LogP contribution in [-0.4, -0.2) is 51.4 Å². The van der Waals surface area contributed by atoms with Gasteiger partial charge in [-0.25, -0.2) is 12.8 Å². The number of halogens is 1. The van der Waals surface area contributed by atoms with Crippen LogP contribution in [0.15, 0.2) is 108 Å². The van der Waals surface area contributed by atoms with Crippen molar-refractivity contribution in [2.75, 3.05) is 24.5 Å². The Kier molecular flexibility index (Phi) is 10.7. The smallest absolute Gasteiger partial charge is 0.264 e. The van der Waals surface area contributed by atoms with Gasteiger partial charge in [-0.05, 0) is 73.5 Å². The van der Waals surface area contributed by atoms with Crippen molar-refractivity contribution in [2.24, 2.45) is 0 Å². The minimum absolute atomic E-state index is 0.0217. The quantitative estimate of drug-likeness (QED) is 0.225. The van der Waals surface area contributed by atoms with Gasteiger partial charge >= 0.3 is 0 Å². The molecule has 4 aromatic rings. The molecular weight excluding hydrogens is 581 g/mol. The van der Waals surface area contributed by atoms with E-state index >= 15 is 0 Å². The number of aryl methyl sites for hydroxylation is 1. The van der Waals surface area contributed by atoms with E-state index in [0.717, 1.165) is 15.4 Å². The van der Waals surface area contributed by atoms with Gasteiger partial charge in [-0.1, -0.05) is 60.2 Å². The summed E-state index contributed by atoms with van der Waals surface area (Å²) in [6.45, 7) is 3.51. The standard InChI is InChI=1S/C34H36FN3O5S/c1-4-43-30-18-20-31(21-19-30)44(41,42)38(29-16-10-25(2)11-17-29)24-33(39)37(23-27-12-14-28(35)15-13-27)32(34(40)36-3)22-26-8-6-5-7-9-26/h5-21,32H,4,22-24H2,1-3H3,(H,36,40)/t32-/m1/s1. The Labute approximate surface area is 258 Å². The summed E-state index contributed by atoms with van der Waals surface area (Å²) in [5.41, 5.74) is 2.60. The molecule has 44 heavy (non-hydrogen) atoms. The Hall–Kier alpha value is -4.70. The van der Waals surface area contributed by atoms with E-state index in [2.05, 4.69) is 5.32 Å². The number of amides is 2. The zero-order valence-electron chi connectivity index (χ0n) is 24.9. The molecule has 0 radical (unpaired) electrons. The highest BCUT2D eigenvalue weighted by atomic mass is 32.2. The molecule has 1 atom stereocenters. The molecule has 0 aliphatic rings. The Morgan fingerprint density at radius 2 is 1.50 bits per heavy atom. The van der Waals surface area contributed by atoms with Crippen molar-refractivity contribution in [3.8, 4) is 5.75 Å². The third-order valence-corrected chi connectivity index (χ3v) is 8.90. The van der Waals surface area contributed by atoms with E-state index in [0.29, 0.717) is 23.6 Å². The number of carbonyl (C=O) groups is 2. The average molecular weight is 618 g/mol. The maximum atomic E-state index is 14.3. The van der Waals surface area contributed by atoms with Crippen molar-refractivity contribution >= 4 is 27.5 Å². The fourth-order valence-corrected chi connectivity index (χ4v) is 6.16. The van der Waals surface area contributed by atoms with Crippen molar-refractivity contribution in [2.45, 2.75) is 37.8 Å².